The van der Waals surface area contributed by atoms with Crippen LogP contribution in [0.15, 0.2) is 0 Å². The van der Waals surface area contributed by atoms with Crippen LogP contribution in [0.25, 0.3) is 0 Å². The Hall–Kier alpha value is -0.760. The fourth-order valence-corrected chi connectivity index (χ4v) is 1.56. The molecule has 0 spiro atoms. The number of hydroxylamine groups is 1. The molecular weight excluding hydrogens is 233 g/mol. The van der Waals surface area contributed by atoms with Gasteiger partial charge in [-0.05, 0) is 19.3 Å². The number of carbonyl (C=O) groups excluding carboxylic acids is 1. The van der Waals surface area contributed by atoms with Gasteiger partial charge in [-0.15, -0.1) is 0 Å². The lowest BCUT2D eigenvalue weighted by Crippen LogP contribution is -2.52. The maximum Gasteiger partial charge on any atom is 0.371 e. The average Bonchev–Trinajstić information content (AvgIpc) is 2.38. The van der Waals surface area contributed by atoms with Crippen LogP contribution in [-0.4, -0.2) is 45.5 Å². The van der Waals surface area contributed by atoms with Crippen molar-refractivity contribution in [1.29, 1.82) is 0 Å². The van der Waals surface area contributed by atoms with E-state index in [0.29, 0.717) is 13.0 Å². The van der Waals surface area contributed by atoms with Crippen LogP contribution in [-0.2, 0) is 23.8 Å². The molecule has 1 heterocycles. The summed E-state index contributed by atoms with van der Waals surface area (Å²) < 4.78 is 28.1. The van der Waals surface area contributed by atoms with E-state index in [-0.39, 0.29) is 0 Å². The number of carbonyl (C=O) groups is 1. The number of nitrogens with one attached hydrogen (secondary N) is 1. The van der Waals surface area contributed by atoms with Crippen molar-refractivity contribution in [3.8, 4) is 0 Å². The van der Waals surface area contributed by atoms with E-state index < -0.39 is 24.7 Å². The highest BCUT2D eigenvalue weighted by Gasteiger charge is 2.46. The molecule has 6 nitrogen and oxygen atoms in total. The summed E-state index contributed by atoms with van der Waals surface area (Å²) in [5.41, 5.74) is 2.24. The lowest BCUT2D eigenvalue weighted by atomic mass is 10.2. The van der Waals surface area contributed by atoms with Gasteiger partial charge in [-0.3, -0.25) is 4.84 Å². The number of hydrogen-bond acceptors (Lipinski definition) is 6. The first-order valence-electron chi connectivity index (χ1n) is 5.47. The van der Waals surface area contributed by atoms with Gasteiger partial charge in [0, 0.05) is 13.7 Å². The van der Waals surface area contributed by atoms with Gasteiger partial charge in [0.05, 0.1) is 7.11 Å². The van der Waals surface area contributed by atoms with E-state index >= 15 is 0 Å². The molecule has 1 fully saturated rings. The number of methoxy groups -OCH3 is 1. The van der Waals surface area contributed by atoms with Crippen LogP contribution in [0.1, 0.15) is 19.3 Å². The van der Waals surface area contributed by atoms with Crippen LogP contribution >= 0.6 is 0 Å². The van der Waals surface area contributed by atoms with Crippen LogP contribution in [0.2, 0.25) is 0 Å². The van der Waals surface area contributed by atoms with E-state index in [1.54, 1.807) is 0 Å². The summed E-state index contributed by atoms with van der Waals surface area (Å²) in [7, 11) is 2.54. The van der Waals surface area contributed by atoms with Crippen LogP contribution in [0.3, 0.4) is 0 Å². The molecule has 100 valence electrons. The summed E-state index contributed by atoms with van der Waals surface area (Å²) in [4.78, 5) is 16.4. The molecule has 2 unspecified atom stereocenters. The van der Waals surface area contributed by atoms with Crippen molar-refractivity contribution in [3.63, 3.8) is 0 Å². The highest BCUT2D eigenvalue weighted by Crippen LogP contribution is 2.23. The molecule has 1 saturated heterocycles. The molecule has 0 aromatic rings. The van der Waals surface area contributed by atoms with Gasteiger partial charge in [0.2, 0.25) is 0 Å². The minimum atomic E-state index is -2.11. The van der Waals surface area contributed by atoms with Gasteiger partial charge in [-0.1, -0.05) is 0 Å². The predicted octanol–water partition coefficient (Wildman–Crippen LogP) is 0.519. The Morgan fingerprint density at radius 3 is 2.82 bits per heavy atom. The Morgan fingerprint density at radius 2 is 2.35 bits per heavy atom. The van der Waals surface area contributed by atoms with Gasteiger partial charge < -0.3 is 14.2 Å². The smallest absolute Gasteiger partial charge is 0.371 e. The molecule has 17 heavy (non-hydrogen) atoms. The third kappa shape index (κ3) is 3.60. The summed E-state index contributed by atoms with van der Waals surface area (Å²) in [6.45, 7) is -0.645. The number of halogens is 1. The summed E-state index contributed by atoms with van der Waals surface area (Å²) in [6, 6.07) is 0. The number of hydrogen-bond donors (Lipinski definition) is 1. The molecule has 0 radical (unpaired) electrons. The Kier molecular flexibility index (Phi) is 5.76. The van der Waals surface area contributed by atoms with Crippen molar-refractivity contribution >= 4 is 5.97 Å². The van der Waals surface area contributed by atoms with E-state index in [1.165, 1.54) is 7.05 Å². The maximum absolute atomic E-state index is 13.0. The molecule has 0 amide bonds. The Balaban J connectivity index is 2.69. The SMILES string of the molecule is CNOC(CF)(OC1CCCCO1)C(=O)OC. The summed E-state index contributed by atoms with van der Waals surface area (Å²) >= 11 is 0. The first kappa shape index (κ1) is 14.3. The second-order valence-electron chi connectivity index (χ2n) is 3.60. The van der Waals surface area contributed by atoms with Gasteiger partial charge in [0.1, 0.15) is 0 Å². The molecule has 0 saturated carbocycles. The van der Waals surface area contributed by atoms with Gasteiger partial charge in [-0.25, -0.2) is 14.7 Å². The summed E-state index contributed by atoms with van der Waals surface area (Å²) in [5, 5.41) is 0. The molecule has 1 aliphatic rings. The van der Waals surface area contributed by atoms with Crippen molar-refractivity contribution in [1.82, 2.24) is 5.48 Å². The zero-order chi connectivity index (χ0) is 12.7. The number of rotatable bonds is 6. The van der Waals surface area contributed by atoms with E-state index in [9.17, 15) is 9.18 Å². The van der Waals surface area contributed by atoms with Crippen molar-refractivity contribution in [2.24, 2.45) is 0 Å². The lowest BCUT2D eigenvalue weighted by molar-refractivity contribution is -0.327. The third-order valence-corrected chi connectivity index (χ3v) is 2.40. The Labute approximate surface area is 99.3 Å². The predicted molar refractivity (Wildman–Crippen MR) is 55.5 cm³/mol. The fourth-order valence-electron chi connectivity index (χ4n) is 1.56. The minimum Gasteiger partial charge on any atom is -0.465 e. The molecule has 2 atom stereocenters. The summed E-state index contributed by atoms with van der Waals surface area (Å²) in [5.74, 6) is -3.05. The molecule has 0 bridgehead atoms. The molecule has 0 aliphatic carbocycles. The van der Waals surface area contributed by atoms with Crippen LogP contribution in [0.4, 0.5) is 4.39 Å². The van der Waals surface area contributed by atoms with Gasteiger partial charge in [0.15, 0.2) is 13.0 Å². The molecule has 1 N–H and O–H groups in total. The fraction of sp³-hybridized carbons (Fsp3) is 0.900. The monoisotopic (exact) mass is 251 g/mol. The number of alkyl halides is 1. The van der Waals surface area contributed by atoms with Gasteiger partial charge in [-0.2, -0.15) is 0 Å². The highest BCUT2D eigenvalue weighted by molar-refractivity contribution is 5.77. The second kappa shape index (κ2) is 6.85. The van der Waals surface area contributed by atoms with Crippen LogP contribution < -0.4 is 5.48 Å². The van der Waals surface area contributed by atoms with E-state index in [1.807, 2.05) is 0 Å². The minimum absolute atomic E-state index is 0.522. The largest absolute Gasteiger partial charge is 0.465 e. The Morgan fingerprint density at radius 1 is 1.59 bits per heavy atom. The number of esters is 1. The second-order valence-corrected chi connectivity index (χ2v) is 3.60. The summed E-state index contributed by atoms with van der Waals surface area (Å²) in [6.07, 6.45) is 1.75. The van der Waals surface area contributed by atoms with E-state index in [2.05, 4.69) is 10.2 Å². The Bertz CT molecular complexity index is 247. The zero-order valence-electron chi connectivity index (χ0n) is 10.0. The topological polar surface area (TPSA) is 66.0 Å². The average molecular weight is 251 g/mol. The van der Waals surface area contributed by atoms with Crippen molar-refractivity contribution in [3.05, 3.63) is 0 Å². The zero-order valence-corrected chi connectivity index (χ0v) is 10.0. The van der Waals surface area contributed by atoms with Crippen LogP contribution in [0, 0.1) is 0 Å². The van der Waals surface area contributed by atoms with Crippen molar-refractivity contribution < 1.29 is 28.2 Å². The molecular formula is C10H18FNO5. The molecule has 1 rings (SSSR count). The standard InChI is InChI=1S/C10H18FNO5/c1-12-17-10(7-11,9(13)14-2)16-8-5-3-4-6-15-8/h8,12H,3-7H2,1-2H3. The normalized spacial score (nSPS) is 24.1. The lowest BCUT2D eigenvalue weighted by Gasteiger charge is -2.32. The number of ether oxygens (including phenoxy) is 3. The molecule has 0 aromatic heterocycles. The van der Waals surface area contributed by atoms with Gasteiger partial charge in [0.25, 0.3) is 0 Å². The van der Waals surface area contributed by atoms with E-state index in [4.69, 9.17) is 14.3 Å². The molecule has 7 heteroatoms. The molecule has 1 aliphatic heterocycles. The van der Waals surface area contributed by atoms with Crippen molar-refractivity contribution in [2.75, 3.05) is 27.4 Å². The van der Waals surface area contributed by atoms with E-state index in [0.717, 1.165) is 20.0 Å². The quantitative estimate of drug-likeness (QED) is 0.422. The van der Waals surface area contributed by atoms with Crippen LogP contribution in [0.5, 0.6) is 0 Å². The van der Waals surface area contributed by atoms with Crippen molar-refractivity contribution in [2.45, 2.75) is 31.3 Å². The van der Waals surface area contributed by atoms with Gasteiger partial charge >= 0.3 is 11.8 Å². The third-order valence-electron chi connectivity index (χ3n) is 2.40. The maximum atomic E-state index is 13.0. The molecule has 0 aromatic carbocycles. The first-order chi connectivity index (χ1) is 8.18. The highest BCUT2D eigenvalue weighted by atomic mass is 19.1. The first-order valence-corrected chi connectivity index (χ1v) is 5.47.